The van der Waals surface area contributed by atoms with Gasteiger partial charge < -0.3 is 5.32 Å². The van der Waals surface area contributed by atoms with Gasteiger partial charge in [0.15, 0.2) is 0 Å². The number of thiophene rings is 1. The Labute approximate surface area is 170 Å². The van der Waals surface area contributed by atoms with E-state index in [0.717, 1.165) is 28.1 Å². The molecule has 2 aromatic heterocycles. The summed E-state index contributed by atoms with van der Waals surface area (Å²) in [5, 5.41) is 6.80. The first-order valence-electron chi connectivity index (χ1n) is 9.81. The van der Waals surface area contributed by atoms with E-state index in [9.17, 15) is 0 Å². The fraction of sp³-hybridized carbons (Fsp3) is 0.250. The third kappa shape index (κ3) is 3.78. The van der Waals surface area contributed by atoms with E-state index in [2.05, 4.69) is 83.9 Å². The van der Waals surface area contributed by atoms with Gasteiger partial charge >= 0.3 is 0 Å². The molecule has 0 atom stereocenters. The van der Waals surface area contributed by atoms with Gasteiger partial charge in [-0.2, -0.15) is 0 Å². The van der Waals surface area contributed by atoms with E-state index in [0.29, 0.717) is 0 Å². The molecule has 142 valence electrons. The van der Waals surface area contributed by atoms with E-state index in [-0.39, 0.29) is 0 Å². The first-order chi connectivity index (χ1) is 13.7. The average molecular weight is 388 g/mol. The van der Waals surface area contributed by atoms with Crippen molar-refractivity contribution in [3.63, 3.8) is 0 Å². The molecule has 4 rings (SSSR count). The van der Waals surface area contributed by atoms with Gasteiger partial charge in [-0.05, 0) is 55.5 Å². The highest BCUT2D eigenvalue weighted by Gasteiger charge is 2.15. The lowest BCUT2D eigenvalue weighted by atomic mass is 9.99. The van der Waals surface area contributed by atoms with Crippen LogP contribution < -0.4 is 5.32 Å². The molecule has 0 saturated heterocycles. The molecule has 0 fully saturated rings. The number of hydrogen-bond acceptors (Lipinski definition) is 4. The van der Waals surface area contributed by atoms with Crippen molar-refractivity contribution in [1.82, 2.24) is 9.97 Å². The Morgan fingerprint density at radius 2 is 1.79 bits per heavy atom. The molecule has 0 bridgehead atoms. The maximum absolute atomic E-state index is 4.56. The first-order valence-corrected chi connectivity index (χ1v) is 10.7. The lowest BCUT2D eigenvalue weighted by molar-refractivity contribution is 0.795. The van der Waals surface area contributed by atoms with Crippen LogP contribution in [0.5, 0.6) is 0 Å². The van der Waals surface area contributed by atoms with Crippen molar-refractivity contribution < 1.29 is 0 Å². The Morgan fingerprint density at radius 3 is 2.54 bits per heavy atom. The number of unbranched alkanes of at least 4 members (excludes halogenated alkanes) is 1. The zero-order valence-electron chi connectivity index (χ0n) is 16.6. The molecule has 2 aromatic carbocycles. The monoisotopic (exact) mass is 387 g/mol. The Hall–Kier alpha value is -2.72. The van der Waals surface area contributed by atoms with Gasteiger partial charge in [0.05, 0.1) is 5.39 Å². The summed E-state index contributed by atoms with van der Waals surface area (Å²) in [6.45, 7) is 6.52. The zero-order valence-corrected chi connectivity index (χ0v) is 17.4. The largest absolute Gasteiger partial charge is 0.340 e. The second-order valence-electron chi connectivity index (χ2n) is 7.30. The standard InChI is InChI=1S/C24H25N3S/c1-4-5-6-18-8-10-19(11-9-18)27-23-22-21(14-28-24(22)26-15-25-23)20-12-7-16(2)13-17(20)3/h7-15H,4-6H2,1-3H3,(H,25,26,27). The van der Waals surface area contributed by atoms with Crippen molar-refractivity contribution in [2.45, 2.75) is 40.0 Å². The molecular weight excluding hydrogens is 362 g/mol. The third-order valence-corrected chi connectivity index (χ3v) is 5.96. The fourth-order valence-corrected chi connectivity index (χ4v) is 4.46. The summed E-state index contributed by atoms with van der Waals surface area (Å²) < 4.78 is 0. The fourth-order valence-electron chi connectivity index (χ4n) is 3.56. The van der Waals surface area contributed by atoms with Gasteiger partial charge in [0.1, 0.15) is 17.0 Å². The molecule has 4 heteroatoms. The Bertz CT molecular complexity index is 1100. The summed E-state index contributed by atoms with van der Waals surface area (Å²) in [7, 11) is 0. The van der Waals surface area contributed by atoms with Crippen LogP contribution in [-0.4, -0.2) is 9.97 Å². The number of benzene rings is 2. The van der Waals surface area contributed by atoms with Crippen LogP contribution in [0, 0.1) is 13.8 Å². The van der Waals surface area contributed by atoms with E-state index >= 15 is 0 Å². The number of nitrogens with one attached hydrogen (secondary N) is 1. The molecule has 28 heavy (non-hydrogen) atoms. The minimum atomic E-state index is 0.863. The van der Waals surface area contributed by atoms with Crippen molar-refractivity contribution in [2.75, 3.05) is 5.32 Å². The molecule has 0 aliphatic carbocycles. The number of rotatable bonds is 6. The molecule has 0 aliphatic rings. The van der Waals surface area contributed by atoms with Gasteiger partial charge in [0.2, 0.25) is 0 Å². The van der Waals surface area contributed by atoms with Crippen molar-refractivity contribution in [3.05, 3.63) is 70.9 Å². The number of aryl methyl sites for hydroxylation is 3. The van der Waals surface area contributed by atoms with Crippen LogP contribution in [0.25, 0.3) is 21.3 Å². The predicted molar refractivity (Wildman–Crippen MR) is 121 cm³/mol. The lowest BCUT2D eigenvalue weighted by Gasteiger charge is -2.11. The SMILES string of the molecule is CCCCc1ccc(Nc2ncnc3scc(-c4ccc(C)cc4C)c23)cc1. The highest BCUT2D eigenvalue weighted by molar-refractivity contribution is 7.17. The van der Waals surface area contributed by atoms with Crippen LogP contribution in [0.2, 0.25) is 0 Å². The van der Waals surface area contributed by atoms with Gasteiger partial charge in [-0.1, -0.05) is 49.2 Å². The second-order valence-corrected chi connectivity index (χ2v) is 8.15. The average Bonchev–Trinajstić information content (AvgIpc) is 3.12. The van der Waals surface area contributed by atoms with Crippen molar-refractivity contribution in [3.8, 4) is 11.1 Å². The number of anilines is 2. The molecule has 2 heterocycles. The smallest absolute Gasteiger partial charge is 0.143 e. The summed E-state index contributed by atoms with van der Waals surface area (Å²) in [6, 6.07) is 15.3. The zero-order chi connectivity index (χ0) is 19.5. The molecule has 0 radical (unpaired) electrons. The highest BCUT2D eigenvalue weighted by atomic mass is 32.1. The predicted octanol–water partition coefficient (Wildman–Crippen LogP) is 7.06. The number of hydrogen-bond donors (Lipinski definition) is 1. The second kappa shape index (κ2) is 8.11. The van der Waals surface area contributed by atoms with Crippen molar-refractivity contribution in [2.24, 2.45) is 0 Å². The van der Waals surface area contributed by atoms with Gasteiger partial charge in [0, 0.05) is 16.6 Å². The van der Waals surface area contributed by atoms with E-state index in [1.807, 2.05) is 0 Å². The third-order valence-electron chi connectivity index (χ3n) is 5.08. The number of fused-ring (bicyclic) bond motifs is 1. The Kier molecular flexibility index (Phi) is 5.40. The quantitative estimate of drug-likeness (QED) is 0.385. The van der Waals surface area contributed by atoms with Crippen LogP contribution >= 0.6 is 11.3 Å². The van der Waals surface area contributed by atoms with Crippen LogP contribution in [0.3, 0.4) is 0 Å². The van der Waals surface area contributed by atoms with Gasteiger partial charge in [-0.25, -0.2) is 9.97 Å². The van der Waals surface area contributed by atoms with Crippen LogP contribution in [-0.2, 0) is 6.42 Å². The van der Waals surface area contributed by atoms with E-state index in [4.69, 9.17) is 0 Å². The first kappa shape index (κ1) is 18.6. The summed E-state index contributed by atoms with van der Waals surface area (Å²) >= 11 is 1.67. The Morgan fingerprint density at radius 1 is 0.964 bits per heavy atom. The molecule has 0 aliphatic heterocycles. The molecule has 0 amide bonds. The van der Waals surface area contributed by atoms with E-state index < -0.39 is 0 Å². The normalized spacial score (nSPS) is 11.1. The maximum Gasteiger partial charge on any atom is 0.143 e. The topological polar surface area (TPSA) is 37.8 Å². The summed E-state index contributed by atoms with van der Waals surface area (Å²) in [6.07, 6.45) is 5.23. The van der Waals surface area contributed by atoms with E-state index in [1.54, 1.807) is 17.7 Å². The molecule has 0 unspecified atom stereocenters. The molecule has 4 aromatic rings. The molecule has 0 saturated carbocycles. The van der Waals surface area contributed by atoms with Gasteiger partial charge in [-0.3, -0.25) is 0 Å². The molecule has 0 spiro atoms. The summed E-state index contributed by atoms with van der Waals surface area (Å²) in [4.78, 5) is 10.1. The number of nitrogens with zero attached hydrogens (tertiary/aromatic N) is 2. The summed E-state index contributed by atoms with van der Waals surface area (Å²) in [5.74, 6) is 0.863. The van der Waals surface area contributed by atoms with Gasteiger partial charge in [-0.15, -0.1) is 11.3 Å². The van der Waals surface area contributed by atoms with Crippen LogP contribution in [0.15, 0.2) is 54.2 Å². The van der Waals surface area contributed by atoms with Crippen molar-refractivity contribution in [1.29, 1.82) is 0 Å². The Balaban J connectivity index is 1.71. The summed E-state index contributed by atoms with van der Waals surface area (Å²) in [5.41, 5.74) is 7.42. The number of aromatic nitrogens is 2. The maximum atomic E-state index is 4.56. The lowest BCUT2D eigenvalue weighted by Crippen LogP contribution is -1.96. The highest BCUT2D eigenvalue weighted by Crippen LogP contribution is 2.38. The molecular formula is C24H25N3S. The van der Waals surface area contributed by atoms with Crippen LogP contribution in [0.4, 0.5) is 11.5 Å². The van der Waals surface area contributed by atoms with Crippen LogP contribution in [0.1, 0.15) is 36.5 Å². The minimum Gasteiger partial charge on any atom is -0.340 e. The van der Waals surface area contributed by atoms with E-state index in [1.165, 1.54) is 40.7 Å². The van der Waals surface area contributed by atoms with Gasteiger partial charge in [0.25, 0.3) is 0 Å². The van der Waals surface area contributed by atoms with Crippen molar-refractivity contribution >= 4 is 33.1 Å². The minimum absolute atomic E-state index is 0.863. The molecule has 1 N–H and O–H groups in total. The molecule has 3 nitrogen and oxygen atoms in total.